The standard InChI is InChI=1S/C10H6ClF17Si/c11-29-2-1-3(12,13)4(14,15)5(16,17)6(18,19)7(20,21)8(22,23)9(24,25)10(26,27)28/h1-2,29H2. The van der Waals surface area contributed by atoms with E-state index in [1.807, 2.05) is 0 Å². The van der Waals surface area contributed by atoms with Crippen LogP contribution in [0.3, 0.4) is 0 Å². The van der Waals surface area contributed by atoms with E-state index < -0.39 is 68.9 Å². The van der Waals surface area contributed by atoms with E-state index in [0.717, 1.165) is 0 Å². The van der Waals surface area contributed by atoms with Crippen LogP contribution in [0.5, 0.6) is 0 Å². The number of hydrogen-bond donors (Lipinski definition) is 0. The zero-order chi connectivity index (χ0) is 24.1. The fourth-order valence-electron chi connectivity index (χ4n) is 1.64. The molecular formula is C10H6ClF17Si. The molecule has 0 radical (unpaired) electrons. The maximum atomic E-state index is 13.3. The van der Waals surface area contributed by atoms with Crippen molar-refractivity contribution in [3.05, 3.63) is 0 Å². The Hall–Kier alpha value is -0.683. The lowest BCUT2D eigenvalue weighted by Crippen LogP contribution is -2.74. The maximum Gasteiger partial charge on any atom is 0.460 e. The van der Waals surface area contributed by atoms with Crippen LogP contribution < -0.4 is 0 Å². The average molecular weight is 513 g/mol. The third-order valence-electron chi connectivity index (χ3n) is 3.41. The highest BCUT2D eigenvalue weighted by atomic mass is 35.6. The van der Waals surface area contributed by atoms with Gasteiger partial charge in [0, 0.05) is 6.42 Å². The predicted molar refractivity (Wildman–Crippen MR) is 64.5 cm³/mol. The summed E-state index contributed by atoms with van der Waals surface area (Å²) in [6.07, 6.45) is -10.2. The van der Waals surface area contributed by atoms with Crippen LogP contribution in [0.2, 0.25) is 6.04 Å². The van der Waals surface area contributed by atoms with E-state index in [2.05, 4.69) is 0 Å². The van der Waals surface area contributed by atoms with Crippen molar-refractivity contribution in [1.82, 2.24) is 0 Å². The van der Waals surface area contributed by atoms with Crippen LogP contribution in [0.1, 0.15) is 6.42 Å². The summed E-state index contributed by atoms with van der Waals surface area (Å²) in [7, 11) is -2.15. The van der Waals surface area contributed by atoms with Gasteiger partial charge in [0.2, 0.25) is 0 Å². The monoisotopic (exact) mass is 512 g/mol. The molecule has 0 heterocycles. The third-order valence-corrected chi connectivity index (χ3v) is 4.83. The molecule has 0 unspecified atom stereocenters. The summed E-state index contributed by atoms with van der Waals surface area (Å²) in [5.41, 5.74) is 0. The summed E-state index contributed by atoms with van der Waals surface area (Å²) in [5.74, 6) is -55.8. The predicted octanol–water partition coefficient (Wildman–Crippen LogP) is 6.13. The molecule has 0 bridgehead atoms. The molecule has 0 aromatic heterocycles. The van der Waals surface area contributed by atoms with Crippen LogP contribution in [-0.4, -0.2) is 56.5 Å². The first-order valence-electron chi connectivity index (χ1n) is 6.58. The zero-order valence-electron chi connectivity index (χ0n) is 12.9. The van der Waals surface area contributed by atoms with Crippen molar-refractivity contribution in [2.24, 2.45) is 0 Å². The Bertz CT molecular complexity index is 579. The van der Waals surface area contributed by atoms with Crippen LogP contribution in [0.15, 0.2) is 0 Å². The van der Waals surface area contributed by atoms with E-state index >= 15 is 0 Å². The van der Waals surface area contributed by atoms with E-state index in [9.17, 15) is 74.6 Å². The second-order valence-corrected chi connectivity index (χ2v) is 7.66. The van der Waals surface area contributed by atoms with Crippen LogP contribution >= 0.6 is 11.1 Å². The van der Waals surface area contributed by atoms with Gasteiger partial charge in [-0.05, 0) is 6.04 Å². The van der Waals surface area contributed by atoms with Crippen molar-refractivity contribution >= 4 is 19.9 Å². The minimum atomic E-state index is -8.58. The van der Waals surface area contributed by atoms with Gasteiger partial charge < -0.3 is 0 Å². The van der Waals surface area contributed by atoms with E-state index in [1.54, 1.807) is 0 Å². The van der Waals surface area contributed by atoms with Gasteiger partial charge in [-0.15, -0.1) is 0 Å². The van der Waals surface area contributed by atoms with Crippen LogP contribution in [0.4, 0.5) is 74.6 Å². The van der Waals surface area contributed by atoms with Crippen molar-refractivity contribution in [3.8, 4) is 0 Å². The number of hydrogen-bond acceptors (Lipinski definition) is 0. The van der Waals surface area contributed by atoms with E-state index in [0.29, 0.717) is 0 Å². The highest BCUT2D eigenvalue weighted by Crippen LogP contribution is 2.64. The third kappa shape index (κ3) is 3.86. The Morgan fingerprint density at radius 3 is 1.00 bits per heavy atom. The highest BCUT2D eigenvalue weighted by Gasteiger charge is 2.95. The first kappa shape index (κ1) is 28.3. The second kappa shape index (κ2) is 7.47. The van der Waals surface area contributed by atoms with Crippen LogP contribution in [0, 0.1) is 0 Å². The average Bonchev–Trinajstić information content (AvgIpc) is 2.50. The second-order valence-electron chi connectivity index (χ2n) is 5.44. The van der Waals surface area contributed by atoms with Crippen LogP contribution in [-0.2, 0) is 0 Å². The minimum absolute atomic E-state index is 1.19. The highest BCUT2D eigenvalue weighted by molar-refractivity contribution is 6.93. The number of rotatable bonds is 9. The first-order valence-corrected chi connectivity index (χ1v) is 9.72. The first-order chi connectivity index (χ1) is 12.3. The summed E-state index contributed by atoms with van der Waals surface area (Å²) < 4.78 is 218. The van der Waals surface area contributed by atoms with Gasteiger partial charge in [-0.25, -0.2) is 0 Å². The Morgan fingerprint density at radius 2 is 0.724 bits per heavy atom. The summed E-state index contributed by atoms with van der Waals surface area (Å²) in [4.78, 5) is 0. The van der Waals surface area contributed by atoms with Crippen LogP contribution in [0.25, 0.3) is 0 Å². The molecule has 0 spiro atoms. The van der Waals surface area contributed by atoms with Gasteiger partial charge in [-0.1, -0.05) is 0 Å². The van der Waals surface area contributed by atoms with E-state index in [1.165, 1.54) is 0 Å². The molecule has 29 heavy (non-hydrogen) atoms. The van der Waals surface area contributed by atoms with E-state index in [-0.39, 0.29) is 0 Å². The van der Waals surface area contributed by atoms with Gasteiger partial charge in [0.15, 0.2) is 0 Å². The normalized spacial score (nSPS) is 16.8. The van der Waals surface area contributed by atoms with E-state index in [4.69, 9.17) is 11.1 Å². The molecular weight excluding hydrogens is 507 g/mol. The summed E-state index contributed by atoms with van der Waals surface area (Å²) >= 11 is 4.90. The van der Waals surface area contributed by atoms with Crippen molar-refractivity contribution in [2.45, 2.75) is 60.1 Å². The molecule has 0 saturated heterocycles. The maximum absolute atomic E-state index is 13.3. The number of alkyl halides is 17. The van der Waals surface area contributed by atoms with Crippen molar-refractivity contribution < 1.29 is 74.6 Å². The molecule has 0 aliphatic heterocycles. The molecule has 0 saturated carbocycles. The smallest absolute Gasteiger partial charge is 0.200 e. The number of halogens is 18. The molecule has 0 aliphatic rings. The Balaban J connectivity index is 6.57. The molecule has 0 aliphatic carbocycles. The molecule has 0 rings (SSSR count). The summed E-state index contributed by atoms with van der Waals surface area (Å²) in [6, 6.07) is -1.19. The van der Waals surface area contributed by atoms with Gasteiger partial charge in [-0.2, -0.15) is 85.7 Å². The largest absolute Gasteiger partial charge is 0.460 e. The molecule has 176 valence electrons. The minimum Gasteiger partial charge on any atom is -0.200 e. The molecule has 0 nitrogen and oxygen atoms in total. The van der Waals surface area contributed by atoms with Crippen molar-refractivity contribution in [3.63, 3.8) is 0 Å². The molecule has 19 heteroatoms. The molecule has 0 fully saturated rings. The Morgan fingerprint density at radius 1 is 0.448 bits per heavy atom. The lowest BCUT2D eigenvalue weighted by molar-refractivity contribution is -0.461. The molecule has 0 atom stereocenters. The lowest BCUT2D eigenvalue weighted by atomic mass is 9.88. The van der Waals surface area contributed by atoms with Crippen molar-refractivity contribution in [1.29, 1.82) is 0 Å². The van der Waals surface area contributed by atoms with Gasteiger partial charge in [-0.3, -0.25) is 0 Å². The fraction of sp³-hybridized carbons (Fsp3) is 1.00. The van der Waals surface area contributed by atoms with Crippen molar-refractivity contribution in [2.75, 3.05) is 0 Å². The Kier molecular flexibility index (Phi) is 7.30. The summed E-state index contributed by atoms with van der Waals surface area (Å²) in [6.45, 7) is 0. The van der Waals surface area contributed by atoms with Gasteiger partial charge in [0.25, 0.3) is 0 Å². The summed E-state index contributed by atoms with van der Waals surface area (Å²) in [5, 5.41) is 0. The van der Waals surface area contributed by atoms with Gasteiger partial charge in [0.1, 0.15) is 8.83 Å². The zero-order valence-corrected chi connectivity index (χ0v) is 15.1. The molecule has 0 amide bonds. The lowest BCUT2D eigenvalue weighted by Gasteiger charge is -2.42. The quantitative estimate of drug-likeness (QED) is 0.198. The molecule has 0 aromatic carbocycles. The Labute approximate surface area is 155 Å². The molecule has 0 N–H and O–H groups in total. The fourth-order valence-corrected chi connectivity index (χ4v) is 2.62. The van der Waals surface area contributed by atoms with Gasteiger partial charge in [0.05, 0.1) is 0 Å². The SMILES string of the molecule is FC(F)(F)C(F)(F)C(F)(F)C(F)(F)C(F)(F)C(F)(F)C(F)(F)C(F)(F)CC[SiH2]Cl. The molecule has 0 aromatic rings. The van der Waals surface area contributed by atoms with Gasteiger partial charge >= 0.3 is 47.6 Å². The topological polar surface area (TPSA) is 0 Å².